The van der Waals surface area contributed by atoms with Crippen molar-refractivity contribution in [1.29, 1.82) is 0 Å². The number of nitrogens with zero attached hydrogens (tertiary/aromatic N) is 1. The summed E-state index contributed by atoms with van der Waals surface area (Å²) in [7, 11) is 1.55. The quantitative estimate of drug-likeness (QED) is 0.803. The van der Waals surface area contributed by atoms with Crippen LogP contribution in [0.5, 0.6) is 5.88 Å². The lowest BCUT2D eigenvalue weighted by Crippen LogP contribution is -2.12. The summed E-state index contributed by atoms with van der Waals surface area (Å²) in [6, 6.07) is 9.10. The Kier molecular flexibility index (Phi) is 6.07. The first-order chi connectivity index (χ1) is 10.6. The number of halogens is 2. The lowest BCUT2D eigenvalue weighted by atomic mass is 9.86. The van der Waals surface area contributed by atoms with Gasteiger partial charge in [-0.15, -0.1) is 0 Å². The van der Waals surface area contributed by atoms with E-state index in [1.54, 1.807) is 25.4 Å². The molecule has 0 aliphatic heterocycles. The molecule has 1 N–H and O–H groups in total. The zero-order valence-electron chi connectivity index (χ0n) is 12.6. The molecule has 1 aromatic carbocycles. The Labute approximate surface area is 140 Å². The molecule has 0 aliphatic carbocycles. The van der Waals surface area contributed by atoms with E-state index in [2.05, 4.69) is 11.9 Å². The molecule has 0 amide bonds. The molecule has 0 fully saturated rings. The van der Waals surface area contributed by atoms with Crippen LogP contribution in [0.2, 0.25) is 10.0 Å². The molecule has 0 radical (unpaired) electrons. The topological polar surface area (TPSA) is 42.4 Å². The van der Waals surface area contributed by atoms with Gasteiger partial charge in [-0.3, -0.25) is 0 Å². The van der Waals surface area contributed by atoms with Crippen LogP contribution in [0.4, 0.5) is 0 Å². The summed E-state index contributed by atoms with van der Waals surface area (Å²) in [5.41, 5.74) is 1.63. The third-order valence-electron chi connectivity index (χ3n) is 3.67. The van der Waals surface area contributed by atoms with Crippen molar-refractivity contribution in [1.82, 2.24) is 4.98 Å². The molecule has 118 valence electrons. The van der Waals surface area contributed by atoms with Gasteiger partial charge in [-0.1, -0.05) is 42.6 Å². The van der Waals surface area contributed by atoms with Crippen LogP contribution >= 0.6 is 23.2 Å². The standard InChI is InChI=1S/C17H19Cl2NO2/c1-3-5-12(11-7-8-14(18)15(19)10-11)16(21)13-6-4-9-20-17(13)22-2/h4,6-10,12,16,21H,3,5H2,1-2H3/t12-,16+/m0/s1. The van der Waals surface area contributed by atoms with Gasteiger partial charge in [-0.05, 0) is 36.2 Å². The van der Waals surface area contributed by atoms with Gasteiger partial charge >= 0.3 is 0 Å². The van der Waals surface area contributed by atoms with Crippen molar-refractivity contribution in [3.8, 4) is 5.88 Å². The average Bonchev–Trinajstić information content (AvgIpc) is 2.54. The Bertz CT molecular complexity index is 634. The van der Waals surface area contributed by atoms with Crippen LogP contribution in [0.25, 0.3) is 0 Å². The number of hydrogen-bond donors (Lipinski definition) is 1. The molecule has 0 bridgehead atoms. The Morgan fingerprint density at radius 3 is 2.64 bits per heavy atom. The first kappa shape index (κ1) is 17.1. The zero-order chi connectivity index (χ0) is 16.1. The highest BCUT2D eigenvalue weighted by atomic mass is 35.5. The molecule has 0 spiro atoms. The number of rotatable bonds is 6. The minimum atomic E-state index is -0.721. The van der Waals surface area contributed by atoms with Crippen molar-refractivity contribution in [2.45, 2.75) is 31.8 Å². The number of pyridine rings is 1. The van der Waals surface area contributed by atoms with E-state index < -0.39 is 6.10 Å². The molecule has 22 heavy (non-hydrogen) atoms. The van der Waals surface area contributed by atoms with E-state index >= 15 is 0 Å². The highest BCUT2D eigenvalue weighted by Crippen LogP contribution is 2.39. The molecule has 1 aromatic heterocycles. The lowest BCUT2D eigenvalue weighted by molar-refractivity contribution is 0.135. The highest BCUT2D eigenvalue weighted by molar-refractivity contribution is 6.42. The minimum Gasteiger partial charge on any atom is -0.481 e. The fourth-order valence-electron chi connectivity index (χ4n) is 2.58. The molecular formula is C17H19Cl2NO2. The third kappa shape index (κ3) is 3.72. The van der Waals surface area contributed by atoms with Crippen LogP contribution in [0.1, 0.15) is 42.9 Å². The largest absolute Gasteiger partial charge is 0.481 e. The summed E-state index contributed by atoms with van der Waals surface area (Å²) in [6.45, 7) is 2.08. The van der Waals surface area contributed by atoms with Gasteiger partial charge in [0.2, 0.25) is 5.88 Å². The summed E-state index contributed by atoms with van der Waals surface area (Å²) >= 11 is 12.1. The SMILES string of the molecule is CCC[C@@H](c1ccc(Cl)c(Cl)c1)[C@@H](O)c1cccnc1OC. The van der Waals surface area contributed by atoms with E-state index in [1.165, 1.54) is 0 Å². The number of benzene rings is 1. The molecule has 1 heterocycles. The van der Waals surface area contributed by atoms with Crippen molar-refractivity contribution in [2.24, 2.45) is 0 Å². The van der Waals surface area contributed by atoms with Gasteiger partial charge in [-0.25, -0.2) is 4.98 Å². The van der Waals surface area contributed by atoms with Gasteiger partial charge < -0.3 is 9.84 Å². The second-order valence-electron chi connectivity index (χ2n) is 5.12. The zero-order valence-corrected chi connectivity index (χ0v) is 14.1. The number of aromatic nitrogens is 1. The van der Waals surface area contributed by atoms with Crippen molar-refractivity contribution in [2.75, 3.05) is 7.11 Å². The third-order valence-corrected chi connectivity index (χ3v) is 4.40. The summed E-state index contributed by atoms with van der Waals surface area (Å²) < 4.78 is 5.26. The average molecular weight is 340 g/mol. The Balaban J connectivity index is 2.40. The highest BCUT2D eigenvalue weighted by Gasteiger charge is 2.25. The molecule has 2 rings (SSSR count). The molecule has 5 heteroatoms. The number of aliphatic hydroxyl groups is 1. The molecular weight excluding hydrogens is 321 g/mol. The van der Waals surface area contributed by atoms with E-state index in [9.17, 15) is 5.11 Å². The van der Waals surface area contributed by atoms with Crippen LogP contribution in [-0.4, -0.2) is 17.2 Å². The van der Waals surface area contributed by atoms with E-state index in [-0.39, 0.29) is 5.92 Å². The van der Waals surface area contributed by atoms with E-state index in [0.29, 0.717) is 21.5 Å². The maximum atomic E-state index is 10.8. The fourth-order valence-corrected chi connectivity index (χ4v) is 2.88. The molecule has 2 aromatic rings. The number of hydrogen-bond acceptors (Lipinski definition) is 3. The Hall–Kier alpha value is -1.29. The monoisotopic (exact) mass is 339 g/mol. The van der Waals surface area contributed by atoms with Gasteiger partial charge in [0.25, 0.3) is 0 Å². The summed E-state index contributed by atoms with van der Waals surface area (Å²) in [5, 5.41) is 11.8. The maximum Gasteiger partial charge on any atom is 0.218 e. The molecule has 3 nitrogen and oxygen atoms in total. The van der Waals surface area contributed by atoms with Crippen molar-refractivity contribution >= 4 is 23.2 Å². The molecule has 0 aliphatic rings. The van der Waals surface area contributed by atoms with Crippen LogP contribution in [0.15, 0.2) is 36.5 Å². The predicted octanol–water partition coefficient (Wildman–Crippen LogP) is 5.01. The molecule has 0 unspecified atom stereocenters. The van der Waals surface area contributed by atoms with Gasteiger partial charge in [0, 0.05) is 17.7 Å². The van der Waals surface area contributed by atoms with E-state index in [0.717, 1.165) is 18.4 Å². The Morgan fingerprint density at radius 2 is 2.00 bits per heavy atom. The van der Waals surface area contributed by atoms with Crippen LogP contribution in [0, 0.1) is 0 Å². The molecule has 0 saturated heterocycles. The predicted molar refractivity (Wildman–Crippen MR) is 89.9 cm³/mol. The van der Waals surface area contributed by atoms with E-state index in [4.69, 9.17) is 27.9 Å². The number of ether oxygens (including phenoxy) is 1. The van der Waals surface area contributed by atoms with Gasteiger partial charge in [-0.2, -0.15) is 0 Å². The first-order valence-electron chi connectivity index (χ1n) is 7.20. The van der Waals surface area contributed by atoms with Crippen molar-refractivity contribution in [3.05, 3.63) is 57.7 Å². The van der Waals surface area contributed by atoms with Crippen LogP contribution < -0.4 is 4.74 Å². The number of aliphatic hydroxyl groups excluding tert-OH is 1. The molecule has 2 atom stereocenters. The summed E-state index contributed by atoms with van der Waals surface area (Å²) in [4.78, 5) is 4.16. The van der Waals surface area contributed by atoms with Crippen LogP contribution in [-0.2, 0) is 0 Å². The van der Waals surface area contributed by atoms with E-state index in [1.807, 2.05) is 18.2 Å². The van der Waals surface area contributed by atoms with Gasteiger partial charge in [0.05, 0.1) is 23.3 Å². The van der Waals surface area contributed by atoms with Gasteiger partial charge in [0.15, 0.2) is 0 Å². The summed E-state index contributed by atoms with van der Waals surface area (Å²) in [6.07, 6.45) is 2.67. The smallest absolute Gasteiger partial charge is 0.218 e. The van der Waals surface area contributed by atoms with Gasteiger partial charge in [0.1, 0.15) is 0 Å². The fraction of sp³-hybridized carbons (Fsp3) is 0.353. The first-order valence-corrected chi connectivity index (χ1v) is 7.96. The number of methoxy groups -OCH3 is 1. The Morgan fingerprint density at radius 1 is 1.23 bits per heavy atom. The summed E-state index contributed by atoms with van der Waals surface area (Å²) in [5.74, 6) is 0.342. The maximum absolute atomic E-state index is 10.8. The van der Waals surface area contributed by atoms with Crippen molar-refractivity contribution < 1.29 is 9.84 Å². The van der Waals surface area contributed by atoms with Crippen LogP contribution in [0.3, 0.4) is 0 Å². The van der Waals surface area contributed by atoms with Crippen molar-refractivity contribution in [3.63, 3.8) is 0 Å². The second-order valence-corrected chi connectivity index (χ2v) is 5.93. The minimum absolute atomic E-state index is 0.0992. The second kappa shape index (κ2) is 7.82. The normalized spacial score (nSPS) is 13.7. The molecule has 0 saturated carbocycles. The lowest BCUT2D eigenvalue weighted by Gasteiger charge is -2.24.